The number of hydrogen-bond donors (Lipinski definition) is 1. The first-order valence-corrected chi connectivity index (χ1v) is 13.4. The fourth-order valence-electron chi connectivity index (χ4n) is 2.93. The van der Waals surface area contributed by atoms with E-state index in [1.807, 2.05) is 29.6 Å². The van der Waals surface area contributed by atoms with Gasteiger partial charge in [0.2, 0.25) is 0 Å². The van der Waals surface area contributed by atoms with Crippen LogP contribution in [0.1, 0.15) is 18.9 Å². The Morgan fingerprint density at radius 1 is 1.43 bits per heavy atom. The number of halogens is 2. The maximum atomic E-state index is 11.1. The van der Waals surface area contributed by atoms with Crippen LogP contribution in [0.3, 0.4) is 0 Å². The van der Waals surface area contributed by atoms with Gasteiger partial charge >= 0.3 is 0 Å². The van der Waals surface area contributed by atoms with Crippen molar-refractivity contribution in [1.29, 1.82) is 0 Å². The molecule has 0 aliphatic heterocycles. The molecule has 7 nitrogen and oxygen atoms in total. The van der Waals surface area contributed by atoms with Gasteiger partial charge in [-0.1, -0.05) is 36.7 Å². The zero-order chi connectivity index (χ0) is 21.7. The van der Waals surface area contributed by atoms with Gasteiger partial charge in [-0.25, -0.2) is 4.45 Å². The van der Waals surface area contributed by atoms with E-state index in [1.165, 1.54) is 19.2 Å². The van der Waals surface area contributed by atoms with Crippen molar-refractivity contribution < 1.29 is 9.66 Å². The summed E-state index contributed by atoms with van der Waals surface area (Å²) in [7, 11) is 1.53. The van der Waals surface area contributed by atoms with Gasteiger partial charge in [0, 0.05) is 34.9 Å². The molecular weight excluding hydrogens is 538 g/mol. The van der Waals surface area contributed by atoms with Crippen molar-refractivity contribution in [2.24, 2.45) is 0 Å². The number of fused-ring (bicyclic) bond motifs is 1. The van der Waals surface area contributed by atoms with Gasteiger partial charge in [0.25, 0.3) is 5.69 Å². The fourth-order valence-corrected chi connectivity index (χ4v) is 4.72. The van der Waals surface area contributed by atoms with Crippen LogP contribution in [0.25, 0.3) is 16.7 Å². The van der Waals surface area contributed by atoms with E-state index in [2.05, 4.69) is 32.5 Å². The molecule has 0 fully saturated rings. The molecule has 3 aromatic rings. The van der Waals surface area contributed by atoms with Crippen LogP contribution in [-0.2, 0) is 4.74 Å². The number of anilines is 1. The van der Waals surface area contributed by atoms with Crippen molar-refractivity contribution in [3.05, 3.63) is 81.1 Å². The third-order valence-corrected chi connectivity index (χ3v) is 6.61. The molecule has 156 valence electrons. The number of benzene rings is 2. The third kappa shape index (κ3) is 4.94. The second-order valence-electron chi connectivity index (χ2n) is 6.21. The van der Waals surface area contributed by atoms with Crippen LogP contribution in [0.2, 0.25) is 5.02 Å². The predicted octanol–water partition coefficient (Wildman–Crippen LogP) is 6.78. The topological polar surface area (TPSA) is 82.2 Å². The van der Waals surface area contributed by atoms with Crippen LogP contribution in [0.4, 0.5) is 11.4 Å². The largest absolute Gasteiger partial charge is 0.496 e. The van der Waals surface area contributed by atoms with Gasteiger partial charge in [-0.15, -0.1) is 0 Å². The Labute approximate surface area is 193 Å². The van der Waals surface area contributed by atoms with Crippen molar-refractivity contribution in [3.63, 3.8) is 0 Å². The van der Waals surface area contributed by atoms with Crippen LogP contribution < -0.4 is 5.32 Å². The van der Waals surface area contributed by atoms with E-state index in [0.717, 1.165) is 28.7 Å². The average Bonchev–Trinajstić information content (AvgIpc) is 3.18. The van der Waals surface area contributed by atoms with Gasteiger partial charge in [0.15, 0.2) is 0 Å². The number of ether oxygens (including phenoxy) is 1. The maximum Gasteiger partial charge on any atom is 0.270 e. The second-order valence-corrected chi connectivity index (χ2v) is 8.63. The Morgan fingerprint density at radius 2 is 2.23 bits per heavy atom. The quantitative estimate of drug-likeness (QED) is 0.0826. The summed E-state index contributed by atoms with van der Waals surface area (Å²) in [6, 6.07) is 10.2. The lowest BCUT2D eigenvalue weighted by molar-refractivity contribution is -0.384. The molecule has 1 aromatic heterocycles. The van der Waals surface area contributed by atoms with Crippen LogP contribution >= 0.6 is 40.0 Å². The van der Waals surface area contributed by atoms with Gasteiger partial charge in [-0.2, -0.15) is 5.10 Å². The first kappa shape index (κ1) is 22.5. The van der Waals surface area contributed by atoms with Crippen molar-refractivity contribution in [2.45, 2.75) is 13.3 Å². The number of hydrogen-bond acceptors (Lipinski definition) is 5. The summed E-state index contributed by atoms with van der Waals surface area (Å²) in [5.41, 5.74) is 3.10. The lowest BCUT2D eigenvalue weighted by Crippen LogP contribution is -2.00. The number of aromatic nitrogens is 2. The number of nitro benzene ring substituents is 1. The smallest absolute Gasteiger partial charge is 0.270 e. The number of nitrogens with one attached hydrogen (secondary N) is 1. The van der Waals surface area contributed by atoms with Crippen molar-refractivity contribution in [1.82, 2.24) is 9.55 Å². The summed E-state index contributed by atoms with van der Waals surface area (Å²) in [5, 5.41) is 20.3. The van der Waals surface area contributed by atoms with Crippen LogP contribution in [0.5, 0.6) is 0 Å². The van der Waals surface area contributed by atoms with E-state index in [4.69, 9.17) is 16.3 Å². The number of nitro groups is 1. The molecule has 0 saturated carbocycles. The minimum atomic E-state index is -0.427. The normalized spacial score (nSPS) is 12.7. The molecule has 1 unspecified atom stereocenters. The molecule has 1 atom stereocenters. The Hall–Kier alpha value is -2.16. The zero-order valence-corrected chi connectivity index (χ0v) is 20.1. The molecule has 1 N–H and O–H groups in total. The number of methoxy groups -OCH3 is 1. The summed E-state index contributed by atoms with van der Waals surface area (Å²) >= 11 is 8.90. The lowest BCUT2D eigenvalue weighted by atomic mass is 10.1. The van der Waals surface area contributed by atoms with Crippen LogP contribution in [-0.4, -0.2) is 21.6 Å². The highest BCUT2D eigenvalue weighted by molar-refractivity contribution is 14.2. The zero-order valence-electron chi connectivity index (χ0n) is 16.2. The van der Waals surface area contributed by atoms with Gasteiger partial charge in [-0.05, 0) is 40.6 Å². The molecule has 0 radical (unpaired) electrons. The molecule has 0 amide bonds. The summed E-state index contributed by atoms with van der Waals surface area (Å²) in [6.45, 7) is 2.02. The van der Waals surface area contributed by atoms with Gasteiger partial charge in [0.05, 0.1) is 40.8 Å². The predicted molar refractivity (Wildman–Crippen MR) is 133 cm³/mol. The first-order valence-electron chi connectivity index (χ1n) is 8.99. The molecule has 0 aliphatic rings. The minimum Gasteiger partial charge on any atom is -0.496 e. The molecule has 0 aliphatic carbocycles. The Kier molecular flexibility index (Phi) is 7.69. The number of non-ortho nitro benzene ring substituents is 1. The standard InChI is InChI=1S/C20H19ClIN4O3P/c1-3-5-14(11-19(29-2)13-6-4-7-15(10-13)26(27)28)24-17-8-9-18-16(20(17)21)12-23-25(18)30-22/h4-12,24,30H,3H2,1-2H3/b14-5-,19-11-. The molecule has 0 spiro atoms. The molecule has 10 heteroatoms. The van der Waals surface area contributed by atoms with E-state index in [9.17, 15) is 10.1 Å². The fraction of sp³-hybridized carbons (Fsp3) is 0.150. The molecule has 30 heavy (non-hydrogen) atoms. The van der Waals surface area contributed by atoms with Crippen molar-refractivity contribution in [2.75, 3.05) is 12.4 Å². The summed E-state index contributed by atoms with van der Waals surface area (Å²) in [5.74, 6) is 0.502. The van der Waals surface area contributed by atoms with E-state index in [-0.39, 0.29) is 5.69 Å². The molecular formula is C20H19ClIN4O3P. The molecule has 3 rings (SSSR count). The van der Waals surface area contributed by atoms with Crippen molar-refractivity contribution >= 4 is 68.1 Å². The Balaban J connectivity index is 1.97. The monoisotopic (exact) mass is 556 g/mol. The van der Waals surface area contributed by atoms with E-state index < -0.39 is 4.92 Å². The first-order chi connectivity index (χ1) is 14.5. The number of nitrogens with zero attached hydrogens (tertiary/aromatic N) is 3. The molecule has 2 aromatic carbocycles. The number of rotatable bonds is 8. The molecule has 0 saturated heterocycles. The third-order valence-electron chi connectivity index (χ3n) is 4.32. The average molecular weight is 557 g/mol. The van der Waals surface area contributed by atoms with Crippen molar-refractivity contribution in [3.8, 4) is 0 Å². The van der Waals surface area contributed by atoms with E-state index in [1.54, 1.807) is 24.4 Å². The summed E-state index contributed by atoms with van der Waals surface area (Å²) in [4.78, 5) is 10.7. The minimum absolute atomic E-state index is 0.00547. The van der Waals surface area contributed by atoms with Crippen LogP contribution in [0.15, 0.2) is 60.4 Å². The Morgan fingerprint density at radius 3 is 2.90 bits per heavy atom. The summed E-state index contributed by atoms with van der Waals surface area (Å²) < 4.78 is 7.42. The Bertz CT molecular complexity index is 1150. The second kappa shape index (κ2) is 10.2. The highest BCUT2D eigenvalue weighted by Crippen LogP contribution is 2.36. The maximum absolute atomic E-state index is 11.1. The molecule has 0 bridgehead atoms. The SMILES string of the molecule is CC/C=C(/C=C(\OC)c1cccc([N+](=O)[O-])c1)Nc1ccc2c(cnn2PI)c1Cl. The highest BCUT2D eigenvalue weighted by Gasteiger charge is 2.13. The summed E-state index contributed by atoms with van der Waals surface area (Å²) in [6.07, 6.45) is 6.82. The van der Waals surface area contributed by atoms with E-state index >= 15 is 0 Å². The molecule has 1 heterocycles. The lowest BCUT2D eigenvalue weighted by Gasteiger charge is -2.13. The van der Waals surface area contributed by atoms with E-state index in [0.29, 0.717) is 22.7 Å². The number of allylic oxidation sites excluding steroid dienone is 2. The van der Waals surface area contributed by atoms with Gasteiger partial charge in [-0.3, -0.25) is 10.1 Å². The van der Waals surface area contributed by atoms with Crippen LogP contribution in [0, 0.1) is 10.1 Å². The van der Waals surface area contributed by atoms with Gasteiger partial charge < -0.3 is 10.1 Å². The van der Waals surface area contributed by atoms with Gasteiger partial charge in [0.1, 0.15) is 5.76 Å². The highest BCUT2D eigenvalue weighted by atomic mass is 127.